The van der Waals surface area contributed by atoms with Crippen LogP contribution >= 0.6 is 0 Å². The lowest BCUT2D eigenvalue weighted by molar-refractivity contribution is 0.0956. The minimum Gasteiger partial charge on any atom is -0.267 e. The third-order valence-corrected chi connectivity index (χ3v) is 3.90. The first kappa shape index (κ1) is 16.7. The molecule has 0 saturated heterocycles. The molecule has 0 fully saturated rings. The Kier molecular flexibility index (Phi) is 4.07. The van der Waals surface area contributed by atoms with Gasteiger partial charge >= 0.3 is 0 Å². The van der Waals surface area contributed by atoms with Crippen molar-refractivity contribution in [2.75, 3.05) is 0 Å². The summed E-state index contributed by atoms with van der Waals surface area (Å²) in [4.78, 5) is 16.9. The summed E-state index contributed by atoms with van der Waals surface area (Å²) in [6, 6.07) is 1.68. The van der Waals surface area contributed by atoms with Gasteiger partial charge in [0.1, 0.15) is 0 Å². The number of halogens is 1. The summed E-state index contributed by atoms with van der Waals surface area (Å²) in [5.74, 6) is -0.925. The van der Waals surface area contributed by atoms with Gasteiger partial charge in [-0.2, -0.15) is 19.7 Å². The SMILES string of the molecule is Cc1cc(C(=O)NN=Cc2c(C)nn(C)c2F)c2c(C)nn(C)c2n1. The number of hydrogen-bond donors (Lipinski definition) is 1. The zero-order valence-electron chi connectivity index (χ0n) is 14.6. The molecule has 3 heterocycles. The van der Waals surface area contributed by atoms with Crippen LogP contribution < -0.4 is 5.43 Å². The molecule has 1 amide bonds. The van der Waals surface area contributed by atoms with Crippen LogP contribution in [0.1, 0.15) is 33.0 Å². The van der Waals surface area contributed by atoms with E-state index in [1.807, 2.05) is 6.92 Å². The van der Waals surface area contributed by atoms with Crippen LogP contribution in [0.2, 0.25) is 0 Å². The lowest BCUT2D eigenvalue weighted by atomic mass is 10.1. The van der Waals surface area contributed by atoms with E-state index in [2.05, 4.69) is 25.7 Å². The van der Waals surface area contributed by atoms with E-state index in [-0.39, 0.29) is 5.56 Å². The fourth-order valence-electron chi connectivity index (χ4n) is 2.76. The van der Waals surface area contributed by atoms with E-state index in [0.717, 1.165) is 4.68 Å². The van der Waals surface area contributed by atoms with Gasteiger partial charge in [0, 0.05) is 19.8 Å². The van der Waals surface area contributed by atoms with Crippen molar-refractivity contribution in [3.63, 3.8) is 0 Å². The standard InChI is InChI=1S/C16H18FN7O/c1-8-6-11(13-10(3)22-24(5)15(13)19-8)16(25)20-18-7-12-9(2)21-23(4)14(12)17/h6-7H,1-5H3,(H,20,25). The molecule has 1 N–H and O–H groups in total. The summed E-state index contributed by atoms with van der Waals surface area (Å²) in [5.41, 5.74) is 5.60. The molecule has 0 atom stereocenters. The van der Waals surface area contributed by atoms with Gasteiger partial charge in [-0.25, -0.2) is 15.1 Å². The van der Waals surface area contributed by atoms with Crippen molar-refractivity contribution in [2.45, 2.75) is 20.8 Å². The molecule has 0 aliphatic rings. The Hall–Kier alpha value is -3.10. The summed E-state index contributed by atoms with van der Waals surface area (Å²) in [7, 11) is 3.27. The zero-order valence-corrected chi connectivity index (χ0v) is 14.6. The van der Waals surface area contributed by atoms with Gasteiger partial charge in [-0.3, -0.25) is 9.48 Å². The third-order valence-electron chi connectivity index (χ3n) is 3.90. The zero-order chi connectivity index (χ0) is 18.3. The maximum atomic E-state index is 13.9. The van der Waals surface area contributed by atoms with Crippen LogP contribution in [0.3, 0.4) is 0 Å². The van der Waals surface area contributed by atoms with E-state index in [1.54, 1.807) is 31.6 Å². The number of rotatable bonds is 3. The molecule has 3 aromatic rings. The van der Waals surface area contributed by atoms with Gasteiger partial charge in [0.05, 0.1) is 34.1 Å². The largest absolute Gasteiger partial charge is 0.272 e. The van der Waals surface area contributed by atoms with Gasteiger partial charge < -0.3 is 0 Å². The van der Waals surface area contributed by atoms with Gasteiger partial charge in [-0.15, -0.1) is 0 Å². The molecule has 3 rings (SSSR count). The number of nitrogens with one attached hydrogen (secondary N) is 1. The maximum absolute atomic E-state index is 13.9. The number of pyridine rings is 1. The monoisotopic (exact) mass is 343 g/mol. The first-order valence-electron chi connectivity index (χ1n) is 7.63. The number of fused-ring (bicyclic) bond motifs is 1. The van der Waals surface area contributed by atoms with Crippen molar-refractivity contribution >= 4 is 23.2 Å². The van der Waals surface area contributed by atoms with E-state index < -0.39 is 11.9 Å². The lowest BCUT2D eigenvalue weighted by Crippen LogP contribution is -2.18. The van der Waals surface area contributed by atoms with Gasteiger partial charge in [-0.05, 0) is 26.8 Å². The molecule has 0 bridgehead atoms. The van der Waals surface area contributed by atoms with Crippen LogP contribution in [0.25, 0.3) is 11.0 Å². The summed E-state index contributed by atoms with van der Waals surface area (Å²) < 4.78 is 16.6. The number of amides is 1. The molecular weight excluding hydrogens is 325 g/mol. The number of hydrogen-bond acceptors (Lipinski definition) is 5. The average Bonchev–Trinajstić information content (AvgIpc) is 2.96. The van der Waals surface area contributed by atoms with Crippen LogP contribution in [0.15, 0.2) is 11.2 Å². The fraction of sp³-hybridized carbons (Fsp3) is 0.312. The highest BCUT2D eigenvalue weighted by Gasteiger charge is 2.17. The minimum absolute atomic E-state index is 0.233. The number of aromatic nitrogens is 5. The highest BCUT2D eigenvalue weighted by atomic mass is 19.1. The predicted molar refractivity (Wildman–Crippen MR) is 90.9 cm³/mol. The maximum Gasteiger partial charge on any atom is 0.272 e. The summed E-state index contributed by atoms with van der Waals surface area (Å²) in [5, 5.41) is 12.8. The van der Waals surface area contributed by atoms with Crippen LogP contribution in [-0.2, 0) is 14.1 Å². The molecule has 0 aliphatic heterocycles. The second-order valence-corrected chi connectivity index (χ2v) is 5.83. The minimum atomic E-state index is -0.513. The van der Waals surface area contributed by atoms with Gasteiger partial charge in [-0.1, -0.05) is 0 Å². The van der Waals surface area contributed by atoms with Crippen LogP contribution in [-0.4, -0.2) is 36.7 Å². The van der Waals surface area contributed by atoms with E-state index in [9.17, 15) is 9.18 Å². The van der Waals surface area contributed by atoms with Crippen molar-refractivity contribution in [1.29, 1.82) is 0 Å². The van der Waals surface area contributed by atoms with E-state index in [0.29, 0.717) is 33.7 Å². The quantitative estimate of drug-likeness (QED) is 0.577. The second-order valence-electron chi connectivity index (χ2n) is 5.83. The van der Waals surface area contributed by atoms with Gasteiger partial charge in [0.2, 0.25) is 5.95 Å². The summed E-state index contributed by atoms with van der Waals surface area (Å²) in [6.45, 7) is 5.28. The topological polar surface area (TPSA) is 90.0 Å². The second kappa shape index (κ2) is 6.08. The summed E-state index contributed by atoms with van der Waals surface area (Å²) >= 11 is 0. The van der Waals surface area contributed by atoms with Crippen molar-refractivity contribution in [3.05, 3.63) is 40.2 Å². The molecule has 8 nitrogen and oxygen atoms in total. The first-order chi connectivity index (χ1) is 11.8. The first-order valence-corrected chi connectivity index (χ1v) is 7.63. The van der Waals surface area contributed by atoms with Crippen LogP contribution in [0.4, 0.5) is 4.39 Å². The molecule has 0 unspecified atom stereocenters. The molecule has 0 saturated carbocycles. The highest BCUT2D eigenvalue weighted by Crippen LogP contribution is 2.21. The molecule has 0 spiro atoms. The molecule has 25 heavy (non-hydrogen) atoms. The average molecular weight is 343 g/mol. The van der Waals surface area contributed by atoms with Crippen LogP contribution in [0.5, 0.6) is 0 Å². The summed E-state index contributed by atoms with van der Waals surface area (Å²) in [6.07, 6.45) is 1.25. The van der Waals surface area contributed by atoms with Crippen molar-refractivity contribution < 1.29 is 9.18 Å². The van der Waals surface area contributed by atoms with Crippen molar-refractivity contribution in [1.82, 2.24) is 30.0 Å². The molecule has 0 radical (unpaired) electrons. The Balaban J connectivity index is 1.92. The number of carbonyl (C=O) groups excluding carboxylic acids is 1. The van der Waals surface area contributed by atoms with E-state index in [1.165, 1.54) is 13.3 Å². The molecule has 0 aliphatic carbocycles. The Morgan fingerprint density at radius 2 is 1.88 bits per heavy atom. The number of carbonyl (C=O) groups is 1. The Bertz CT molecular complexity index is 1020. The van der Waals surface area contributed by atoms with Crippen molar-refractivity contribution in [2.24, 2.45) is 19.2 Å². The predicted octanol–water partition coefficient (Wildman–Crippen LogP) is 1.53. The Morgan fingerprint density at radius 3 is 2.52 bits per heavy atom. The molecule has 3 aromatic heterocycles. The third kappa shape index (κ3) is 2.88. The lowest BCUT2D eigenvalue weighted by Gasteiger charge is -2.04. The Labute approximate surface area is 143 Å². The number of hydrazone groups is 1. The molecule has 9 heteroatoms. The smallest absolute Gasteiger partial charge is 0.267 e. The number of aryl methyl sites for hydroxylation is 5. The normalized spacial score (nSPS) is 11.6. The van der Waals surface area contributed by atoms with E-state index in [4.69, 9.17) is 0 Å². The molecule has 0 aromatic carbocycles. The van der Waals surface area contributed by atoms with Gasteiger partial charge in [0.15, 0.2) is 5.65 Å². The van der Waals surface area contributed by atoms with Gasteiger partial charge in [0.25, 0.3) is 5.91 Å². The molecule has 130 valence electrons. The van der Waals surface area contributed by atoms with E-state index >= 15 is 0 Å². The molecular formula is C16H18FN7O. The Morgan fingerprint density at radius 1 is 1.20 bits per heavy atom. The fourth-order valence-corrected chi connectivity index (χ4v) is 2.76. The highest BCUT2D eigenvalue weighted by molar-refractivity contribution is 6.06. The number of nitrogens with zero attached hydrogens (tertiary/aromatic N) is 6. The van der Waals surface area contributed by atoms with Crippen LogP contribution in [0, 0.1) is 26.7 Å². The van der Waals surface area contributed by atoms with Crippen molar-refractivity contribution in [3.8, 4) is 0 Å².